The Labute approximate surface area is 195 Å². The highest BCUT2D eigenvalue weighted by Gasteiger charge is 2.29. The van der Waals surface area contributed by atoms with E-state index in [2.05, 4.69) is 22.8 Å². The lowest BCUT2D eigenvalue weighted by Gasteiger charge is -2.15. The lowest BCUT2D eigenvalue weighted by Crippen LogP contribution is -2.43. The number of ether oxygens (including phenoxy) is 1. The van der Waals surface area contributed by atoms with Crippen LogP contribution in [-0.2, 0) is 20.7 Å². The number of carboxylic acid groups (broad SMARTS) is 1. The highest BCUT2D eigenvalue weighted by Crippen LogP contribution is 2.44. The minimum atomic E-state index is -1.10. The van der Waals surface area contributed by atoms with Crippen LogP contribution in [0.1, 0.15) is 28.3 Å². The summed E-state index contributed by atoms with van der Waals surface area (Å²) in [5.41, 5.74) is 4.54. The summed E-state index contributed by atoms with van der Waals surface area (Å²) in [6.45, 7) is 0.238. The molecule has 7 nitrogen and oxygen atoms in total. The van der Waals surface area contributed by atoms with E-state index in [1.165, 1.54) is 11.3 Å². The lowest BCUT2D eigenvalue weighted by molar-refractivity contribution is -0.141. The van der Waals surface area contributed by atoms with Gasteiger partial charge in [0.2, 0.25) is 5.91 Å². The van der Waals surface area contributed by atoms with Gasteiger partial charge in [0.25, 0.3) is 0 Å². The van der Waals surface area contributed by atoms with Crippen LogP contribution in [0.15, 0.2) is 66.0 Å². The van der Waals surface area contributed by atoms with E-state index in [1.54, 1.807) is 0 Å². The van der Waals surface area contributed by atoms with Gasteiger partial charge in [0.1, 0.15) is 12.6 Å². The maximum atomic E-state index is 12.2. The first-order valence-electron chi connectivity index (χ1n) is 10.7. The van der Waals surface area contributed by atoms with Gasteiger partial charge >= 0.3 is 12.1 Å². The van der Waals surface area contributed by atoms with Crippen molar-refractivity contribution in [3.63, 3.8) is 0 Å². The molecule has 0 saturated carbocycles. The van der Waals surface area contributed by atoms with Crippen LogP contribution in [0.4, 0.5) is 4.79 Å². The maximum absolute atomic E-state index is 12.2. The van der Waals surface area contributed by atoms with Crippen molar-refractivity contribution in [2.24, 2.45) is 0 Å². The van der Waals surface area contributed by atoms with Crippen LogP contribution >= 0.6 is 11.3 Å². The number of rotatable bonds is 9. The number of carbonyl (C=O) groups excluding carboxylic acids is 2. The second kappa shape index (κ2) is 10.3. The van der Waals surface area contributed by atoms with Gasteiger partial charge in [-0.3, -0.25) is 4.79 Å². The van der Waals surface area contributed by atoms with Crippen molar-refractivity contribution in [3.05, 3.63) is 82.0 Å². The molecule has 170 valence electrons. The molecule has 2 amide bonds. The second-order valence-corrected chi connectivity index (χ2v) is 8.78. The Hall–Kier alpha value is -3.65. The number of hydrogen-bond donors (Lipinski definition) is 3. The molecule has 0 aliphatic heterocycles. The van der Waals surface area contributed by atoms with Crippen LogP contribution in [-0.4, -0.2) is 42.3 Å². The number of alkyl carbamates (subject to hydrolysis) is 1. The second-order valence-electron chi connectivity index (χ2n) is 7.74. The molecule has 33 heavy (non-hydrogen) atoms. The van der Waals surface area contributed by atoms with Crippen molar-refractivity contribution < 1.29 is 24.2 Å². The number of aliphatic carboxylic acids is 1. The largest absolute Gasteiger partial charge is 0.480 e. The molecular formula is C25H24N2O5S. The molecule has 1 aliphatic rings. The monoisotopic (exact) mass is 464 g/mol. The zero-order valence-corrected chi connectivity index (χ0v) is 18.6. The van der Waals surface area contributed by atoms with E-state index in [4.69, 9.17) is 4.74 Å². The van der Waals surface area contributed by atoms with Gasteiger partial charge in [-0.25, -0.2) is 9.59 Å². The summed E-state index contributed by atoms with van der Waals surface area (Å²) in [6.07, 6.45) is -0.435. The van der Waals surface area contributed by atoms with Gasteiger partial charge in [0.05, 0.1) is 0 Å². The maximum Gasteiger partial charge on any atom is 0.407 e. The van der Waals surface area contributed by atoms with Gasteiger partial charge in [-0.05, 0) is 33.7 Å². The van der Waals surface area contributed by atoms with E-state index in [-0.39, 0.29) is 31.9 Å². The molecule has 1 heterocycles. The predicted molar refractivity (Wildman–Crippen MR) is 125 cm³/mol. The topological polar surface area (TPSA) is 105 Å². The van der Waals surface area contributed by atoms with Gasteiger partial charge in [-0.2, -0.15) is 0 Å². The molecule has 1 aromatic heterocycles. The van der Waals surface area contributed by atoms with Crippen molar-refractivity contribution in [1.29, 1.82) is 0 Å². The minimum Gasteiger partial charge on any atom is -0.480 e. The molecule has 0 unspecified atom stereocenters. The minimum absolute atomic E-state index is 0.0416. The number of fused-ring (bicyclic) bond motifs is 3. The lowest BCUT2D eigenvalue weighted by atomic mass is 9.98. The van der Waals surface area contributed by atoms with E-state index in [1.807, 2.05) is 53.9 Å². The number of thiophene rings is 1. The summed E-state index contributed by atoms with van der Waals surface area (Å²) in [4.78, 5) is 36.6. The zero-order chi connectivity index (χ0) is 23.2. The third kappa shape index (κ3) is 5.40. The quantitative estimate of drug-likeness (QED) is 0.447. The van der Waals surface area contributed by atoms with E-state index >= 15 is 0 Å². The molecule has 0 bridgehead atoms. The molecule has 0 spiro atoms. The summed E-state index contributed by atoms with van der Waals surface area (Å²) < 4.78 is 5.44. The fraction of sp³-hybridized carbons (Fsp3) is 0.240. The molecule has 3 aromatic rings. The average molecular weight is 465 g/mol. The molecule has 4 rings (SSSR count). The molecule has 1 aliphatic carbocycles. The Bertz CT molecular complexity index is 1100. The van der Waals surface area contributed by atoms with Gasteiger partial charge in [0, 0.05) is 30.2 Å². The first-order chi connectivity index (χ1) is 16.0. The first-order valence-corrected chi connectivity index (χ1v) is 11.5. The smallest absolute Gasteiger partial charge is 0.407 e. The van der Waals surface area contributed by atoms with Gasteiger partial charge in [0.15, 0.2) is 0 Å². The average Bonchev–Trinajstić information content (AvgIpc) is 3.43. The molecular weight excluding hydrogens is 440 g/mol. The van der Waals surface area contributed by atoms with Crippen LogP contribution in [0.3, 0.4) is 0 Å². The Morgan fingerprint density at radius 3 is 2.24 bits per heavy atom. The molecule has 0 saturated heterocycles. The SMILES string of the molecule is O=C(CCNC(=O)OCC1c2ccccc2-c2ccccc21)N[C@@H](Cc1cccs1)C(=O)O. The van der Waals surface area contributed by atoms with Crippen molar-refractivity contribution in [2.45, 2.75) is 24.8 Å². The van der Waals surface area contributed by atoms with Crippen LogP contribution in [0.2, 0.25) is 0 Å². The highest BCUT2D eigenvalue weighted by molar-refractivity contribution is 7.09. The van der Waals surface area contributed by atoms with E-state index in [0.29, 0.717) is 0 Å². The number of nitrogens with one attached hydrogen (secondary N) is 2. The number of benzene rings is 2. The van der Waals surface area contributed by atoms with E-state index < -0.39 is 24.0 Å². The number of carbonyl (C=O) groups is 3. The fourth-order valence-electron chi connectivity index (χ4n) is 4.02. The first kappa shape index (κ1) is 22.5. The zero-order valence-electron chi connectivity index (χ0n) is 17.8. The Morgan fingerprint density at radius 1 is 0.970 bits per heavy atom. The summed E-state index contributed by atoms with van der Waals surface area (Å²) >= 11 is 1.44. The van der Waals surface area contributed by atoms with Crippen molar-refractivity contribution in [1.82, 2.24) is 10.6 Å². The molecule has 2 aromatic carbocycles. The summed E-state index contributed by atoms with van der Waals surface area (Å²) in [7, 11) is 0. The van der Waals surface area contributed by atoms with Crippen LogP contribution < -0.4 is 10.6 Å². The van der Waals surface area contributed by atoms with Gasteiger partial charge in [-0.1, -0.05) is 54.6 Å². The Balaban J connectivity index is 1.24. The number of amides is 2. The molecule has 0 radical (unpaired) electrons. The van der Waals surface area contributed by atoms with Gasteiger partial charge < -0.3 is 20.5 Å². The van der Waals surface area contributed by atoms with Crippen LogP contribution in [0.25, 0.3) is 11.1 Å². The summed E-state index contributed by atoms with van der Waals surface area (Å²) in [5.74, 6) is -1.58. The molecule has 1 atom stereocenters. The Kier molecular flexibility index (Phi) is 7.04. The third-order valence-electron chi connectivity index (χ3n) is 5.58. The standard InChI is InChI=1S/C25H24N2O5S/c28-23(27-22(24(29)30)14-16-6-5-13-33-16)11-12-26-25(31)32-15-21-19-9-3-1-7-17(19)18-8-2-4-10-20(18)21/h1-10,13,21-22H,11-12,14-15H2,(H,26,31)(H,27,28)(H,29,30)/t22-/m0/s1. The van der Waals surface area contributed by atoms with Crippen LogP contribution in [0, 0.1) is 0 Å². The third-order valence-corrected chi connectivity index (χ3v) is 6.48. The summed E-state index contributed by atoms with van der Waals surface area (Å²) in [6, 6.07) is 18.8. The van der Waals surface area contributed by atoms with Gasteiger partial charge in [-0.15, -0.1) is 11.3 Å². The van der Waals surface area contributed by atoms with Crippen LogP contribution in [0.5, 0.6) is 0 Å². The van der Waals surface area contributed by atoms with Crippen molar-refractivity contribution in [3.8, 4) is 11.1 Å². The normalized spacial score (nSPS) is 13.0. The predicted octanol–water partition coefficient (Wildman–Crippen LogP) is 3.79. The van der Waals surface area contributed by atoms with E-state index in [0.717, 1.165) is 27.1 Å². The highest BCUT2D eigenvalue weighted by atomic mass is 32.1. The molecule has 0 fully saturated rings. The number of hydrogen-bond acceptors (Lipinski definition) is 5. The number of carboxylic acids is 1. The van der Waals surface area contributed by atoms with Crippen molar-refractivity contribution in [2.75, 3.05) is 13.2 Å². The summed E-state index contributed by atoms with van der Waals surface area (Å²) in [5, 5.41) is 16.3. The Morgan fingerprint density at radius 2 is 1.64 bits per heavy atom. The molecule has 3 N–H and O–H groups in total. The van der Waals surface area contributed by atoms with E-state index in [9.17, 15) is 19.5 Å². The van der Waals surface area contributed by atoms with Crippen molar-refractivity contribution >= 4 is 29.3 Å². The fourth-order valence-corrected chi connectivity index (χ4v) is 4.78. The molecule has 8 heteroatoms.